The molecule has 3 aliphatic rings. The van der Waals surface area contributed by atoms with Crippen molar-refractivity contribution in [1.82, 2.24) is 30.0 Å². The van der Waals surface area contributed by atoms with Gasteiger partial charge in [0.15, 0.2) is 11.6 Å². The summed E-state index contributed by atoms with van der Waals surface area (Å²) >= 11 is 0. The average Bonchev–Trinajstić information content (AvgIpc) is 3.40. The maximum Gasteiger partial charge on any atom is 0.245 e. The predicted octanol–water partition coefficient (Wildman–Crippen LogP) is 4.21. The first-order chi connectivity index (χ1) is 20.6. The molecule has 1 saturated heterocycles. The molecule has 226 valence electrons. The summed E-state index contributed by atoms with van der Waals surface area (Å²) in [7, 11) is 0. The molecular weight excluding hydrogens is 544 g/mol. The highest BCUT2D eigenvalue weighted by molar-refractivity contribution is 6.07. The van der Waals surface area contributed by atoms with Crippen molar-refractivity contribution in [2.75, 3.05) is 6.54 Å². The number of hydrogen-bond acceptors (Lipinski definition) is 7. The van der Waals surface area contributed by atoms with Gasteiger partial charge in [-0.15, -0.1) is 0 Å². The maximum atomic E-state index is 14.1. The van der Waals surface area contributed by atoms with Gasteiger partial charge in [0.1, 0.15) is 12.2 Å². The smallest absolute Gasteiger partial charge is 0.245 e. The highest BCUT2D eigenvalue weighted by Crippen LogP contribution is 2.59. The van der Waals surface area contributed by atoms with Gasteiger partial charge in [-0.3, -0.25) is 33.8 Å². The Hall–Kier alpha value is -3.95. The van der Waals surface area contributed by atoms with Crippen LogP contribution in [0.15, 0.2) is 24.5 Å². The first-order valence-corrected chi connectivity index (χ1v) is 15.6. The summed E-state index contributed by atoms with van der Waals surface area (Å²) in [4.78, 5) is 63.7. The highest BCUT2D eigenvalue weighted by atomic mass is 16.2. The molecule has 2 aliphatic heterocycles. The second kappa shape index (κ2) is 11.3. The minimum absolute atomic E-state index is 0.0355. The molecule has 43 heavy (non-hydrogen) atoms. The molecule has 3 aromatic rings. The fourth-order valence-electron chi connectivity index (χ4n) is 7.13. The Bertz CT molecular complexity index is 1610. The number of ketones is 2. The summed E-state index contributed by atoms with van der Waals surface area (Å²) in [5.74, 6) is -0.390. The largest absolute Gasteiger partial charge is 0.355 e. The van der Waals surface area contributed by atoms with E-state index in [9.17, 15) is 19.2 Å². The molecule has 1 aliphatic carbocycles. The topological polar surface area (TPSA) is 127 Å². The SMILES string of the molecule is CCC(=O)[C@@H]1C[C@]23CNC(=O)[C@@H](C)CCCCCc4cc(-c5cnc(C)cn5)cc5c(C(C)=O)nn(c45)CC(=O)N1[C@@H]2C3. The Morgan fingerprint density at radius 2 is 1.91 bits per heavy atom. The third-order valence-corrected chi connectivity index (χ3v) is 9.69. The number of nitrogens with one attached hydrogen (secondary N) is 1. The number of benzene rings is 1. The van der Waals surface area contributed by atoms with E-state index in [0.717, 1.165) is 54.4 Å². The molecule has 2 amide bonds. The minimum atomic E-state index is -0.509. The number of carbonyl (C=O) groups excluding carboxylic acids is 4. The van der Waals surface area contributed by atoms with Gasteiger partial charge in [-0.05, 0) is 56.7 Å². The highest BCUT2D eigenvalue weighted by Gasteiger charge is 2.66. The van der Waals surface area contributed by atoms with Gasteiger partial charge in [-0.1, -0.05) is 26.7 Å². The van der Waals surface area contributed by atoms with Crippen molar-refractivity contribution in [3.63, 3.8) is 0 Å². The van der Waals surface area contributed by atoms with Crippen LogP contribution < -0.4 is 5.32 Å². The minimum Gasteiger partial charge on any atom is -0.355 e. The first-order valence-electron chi connectivity index (χ1n) is 15.6. The summed E-state index contributed by atoms with van der Waals surface area (Å²) in [5.41, 5.74) is 4.18. The van der Waals surface area contributed by atoms with E-state index in [4.69, 9.17) is 5.10 Å². The van der Waals surface area contributed by atoms with Crippen LogP contribution in [-0.4, -0.2) is 66.7 Å². The van der Waals surface area contributed by atoms with Crippen molar-refractivity contribution < 1.29 is 19.2 Å². The third kappa shape index (κ3) is 5.36. The van der Waals surface area contributed by atoms with Crippen LogP contribution in [0.4, 0.5) is 0 Å². The molecule has 2 aromatic heterocycles. The second-order valence-corrected chi connectivity index (χ2v) is 12.8. The van der Waals surface area contributed by atoms with Crippen LogP contribution in [0.3, 0.4) is 0 Å². The number of amides is 2. The molecular formula is C33H40N6O4. The van der Waals surface area contributed by atoms with Crippen LogP contribution in [0.25, 0.3) is 22.2 Å². The molecule has 2 bridgehead atoms. The van der Waals surface area contributed by atoms with Crippen molar-refractivity contribution in [2.24, 2.45) is 11.3 Å². The number of piperidine rings is 1. The number of aryl methyl sites for hydroxylation is 2. The lowest BCUT2D eigenvalue weighted by Gasteiger charge is -2.26. The Morgan fingerprint density at radius 1 is 1.09 bits per heavy atom. The van der Waals surface area contributed by atoms with E-state index >= 15 is 0 Å². The molecule has 0 spiro atoms. The summed E-state index contributed by atoms with van der Waals surface area (Å²) in [6.45, 7) is 7.59. The van der Waals surface area contributed by atoms with E-state index in [1.54, 1.807) is 22.0 Å². The number of carbonyl (C=O) groups is 4. The van der Waals surface area contributed by atoms with Crippen molar-refractivity contribution in [1.29, 1.82) is 0 Å². The van der Waals surface area contributed by atoms with Gasteiger partial charge in [0, 0.05) is 54.4 Å². The monoisotopic (exact) mass is 584 g/mol. The van der Waals surface area contributed by atoms with E-state index in [-0.39, 0.29) is 47.3 Å². The zero-order valence-electron chi connectivity index (χ0n) is 25.5. The van der Waals surface area contributed by atoms with Crippen LogP contribution in [0.5, 0.6) is 0 Å². The average molecular weight is 585 g/mol. The summed E-state index contributed by atoms with van der Waals surface area (Å²) < 4.78 is 1.67. The standard InChI is InChI=1S/C33H40N6O4/c1-5-27(41)26-13-33-14-28(33)39(26)29(42)17-38-31-22(10-8-6-7-9-19(2)32(43)36-18-33)11-23(25-16-34-20(3)15-35-25)12-24(31)30(37-38)21(4)40/h11-12,15-16,19,26,28H,5-10,13-14,17-18H2,1-4H3,(H,36,43)/t19-,26-,28+,33-/m0/s1. The number of rotatable bonds is 4. The molecule has 0 unspecified atom stereocenters. The van der Waals surface area contributed by atoms with Gasteiger partial charge in [0.05, 0.1) is 29.1 Å². The molecule has 10 heteroatoms. The van der Waals surface area contributed by atoms with E-state index in [1.807, 2.05) is 26.8 Å². The molecule has 1 saturated carbocycles. The van der Waals surface area contributed by atoms with Gasteiger partial charge >= 0.3 is 0 Å². The van der Waals surface area contributed by atoms with Crippen molar-refractivity contribution >= 4 is 34.3 Å². The third-order valence-electron chi connectivity index (χ3n) is 9.69. The molecule has 2 fully saturated rings. The lowest BCUT2D eigenvalue weighted by molar-refractivity contribution is -0.139. The lowest BCUT2D eigenvalue weighted by atomic mass is 9.95. The Labute approximate surface area is 251 Å². The van der Waals surface area contributed by atoms with Gasteiger partial charge < -0.3 is 10.2 Å². The van der Waals surface area contributed by atoms with Crippen LogP contribution in [-0.2, 0) is 27.3 Å². The van der Waals surface area contributed by atoms with Gasteiger partial charge in [-0.2, -0.15) is 5.10 Å². The van der Waals surface area contributed by atoms with Crippen molar-refractivity contribution in [3.8, 4) is 11.3 Å². The molecule has 6 rings (SSSR count). The molecule has 4 heterocycles. The van der Waals surface area contributed by atoms with E-state index < -0.39 is 6.04 Å². The van der Waals surface area contributed by atoms with Crippen molar-refractivity contribution in [2.45, 2.75) is 97.7 Å². The van der Waals surface area contributed by atoms with Crippen LogP contribution in [0, 0.1) is 18.3 Å². The predicted molar refractivity (Wildman–Crippen MR) is 161 cm³/mol. The number of hydrogen-bond donors (Lipinski definition) is 1. The van der Waals surface area contributed by atoms with E-state index in [0.29, 0.717) is 42.6 Å². The summed E-state index contributed by atoms with van der Waals surface area (Å²) in [5, 5.41) is 8.55. The number of aromatic nitrogens is 4. The lowest BCUT2D eigenvalue weighted by Crippen LogP contribution is -2.44. The summed E-state index contributed by atoms with van der Waals surface area (Å²) in [6, 6.07) is 3.40. The molecule has 0 radical (unpaired) electrons. The molecule has 1 aromatic carbocycles. The summed E-state index contributed by atoms with van der Waals surface area (Å²) in [6.07, 6.45) is 9.39. The van der Waals surface area contributed by atoms with Gasteiger partial charge in [0.2, 0.25) is 11.8 Å². The zero-order valence-corrected chi connectivity index (χ0v) is 25.5. The van der Waals surface area contributed by atoms with E-state index in [2.05, 4.69) is 21.4 Å². The number of nitrogens with zero attached hydrogens (tertiary/aromatic N) is 5. The Kier molecular flexibility index (Phi) is 7.64. The quantitative estimate of drug-likeness (QED) is 0.455. The van der Waals surface area contributed by atoms with Crippen molar-refractivity contribution in [3.05, 3.63) is 41.5 Å². The van der Waals surface area contributed by atoms with Gasteiger partial charge in [-0.25, -0.2) is 0 Å². The van der Waals surface area contributed by atoms with Crippen LogP contribution in [0.1, 0.15) is 87.5 Å². The Morgan fingerprint density at radius 3 is 2.63 bits per heavy atom. The molecule has 4 atom stereocenters. The fourth-order valence-corrected chi connectivity index (χ4v) is 7.13. The fraction of sp³-hybridized carbons (Fsp3) is 0.545. The van der Waals surface area contributed by atoms with Crippen LogP contribution >= 0.6 is 0 Å². The molecule has 1 N–H and O–H groups in total. The zero-order chi connectivity index (χ0) is 30.5. The first kappa shape index (κ1) is 29.1. The second-order valence-electron chi connectivity index (χ2n) is 12.8. The maximum absolute atomic E-state index is 14.1. The normalized spacial score (nSPS) is 26.1. The van der Waals surface area contributed by atoms with Gasteiger partial charge in [0.25, 0.3) is 0 Å². The molecule has 10 nitrogen and oxygen atoms in total. The number of Topliss-reactive ketones (excluding diaryl/α,β-unsaturated/α-hetero) is 2. The van der Waals surface area contributed by atoms with E-state index in [1.165, 1.54) is 6.92 Å². The van der Waals surface area contributed by atoms with Crippen LogP contribution in [0.2, 0.25) is 0 Å². The Balaban J connectivity index is 1.45.